The number of benzene rings is 1. The van der Waals surface area contributed by atoms with Crippen LogP contribution in [0.2, 0.25) is 0 Å². The van der Waals surface area contributed by atoms with Crippen molar-refractivity contribution in [1.82, 2.24) is 14.7 Å². The molecule has 14 heteroatoms. The summed E-state index contributed by atoms with van der Waals surface area (Å²) >= 11 is -0.328. The van der Waals surface area contributed by atoms with E-state index < -0.39 is 27.6 Å². The molecule has 4 rings (SSSR count). The third-order valence-corrected chi connectivity index (χ3v) is 7.67. The van der Waals surface area contributed by atoms with Crippen LogP contribution >= 0.6 is 11.8 Å². The Hall–Kier alpha value is -3.15. The molecular formula is C24H25F4N5O3S2. The molecule has 204 valence electrons. The molecule has 3 heterocycles. The lowest BCUT2D eigenvalue weighted by atomic mass is 10.0. The Bertz CT molecular complexity index is 1480. The normalized spacial score (nSPS) is 18.1. The van der Waals surface area contributed by atoms with Gasteiger partial charge in [-0.25, -0.2) is 17.8 Å². The van der Waals surface area contributed by atoms with Gasteiger partial charge in [0.05, 0.1) is 36.0 Å². The zero-order valence-corrected chi connectivity index (χ0v) is 22.0. The van der Waals surface area contributed by atoms with Gasteiger partial charge in [-0.3, -0.25) is 4.40 Å². The number of methoxy groups -OCH3 is 1. The Balaban J connectivity index is 1.61. The number of nitrogens with one attached hydrogen (secondary N) is 3. The van der Waals surface area contributed by atoms with Crippen LogP contribution in [-0.4, -0.2) is 68.5 Å². The number of nitrogens with zero attached hydrogens (tertiary/aromatic N) is 2. The minimum absolute atomic E-state index is 0.0162. The number of imidazole rings is 1. The average Bonchev–Trinajstić information content (AvgIpc) is 3.19. The topological polar surface area (TPSA) is 96.8 Å². The number of halogens is 4. The van der Waals surface area contributed by atoms with Gasteiger partial charge in [-0.15, -0.1) is 0 Å². The van der Waals surface area contributed by atoms with E-state index in [0.29, 0.717) is 24.3 Å². The molecule has 0 saturated carbocycles. The maximum absolute atomic E-state index is 14.3. The van der Waals surface area contributed by atoms with E-state index in [-0.39, 0.29) is 51.9 Å². The molecule has 1 aliphatic heterocycles. The number of fused-ring (bicyclic) bond motifs is 1. The standard InChI is InChI=1S/C24H25F4N5O3S2/c1-36-21-13-15(38(2,34)35)7-8-18(21)30-10-3-5-20-23(37-24(26,27)28)33-12-4-6-19(22(33)32-20)31-17-9-11-29-14-16(17)25/h4,6-8,12-13,16-17,29-31H,9-11,14H2,1-2H3/t16-,17?/m0/s1. The van der Waals surface area contributed by atoms with E-state index in [2.05, 4.69) is 32.8 Å². The van der Waals surface area contributed by atoms with Crippen molar-refractivity contribution < 1.29 is 30.7 Å². The molecule has 1 saturated heterocycles. The van der Waals surface area contributed by atoms with E-state index in [4.69, 9.17) is 4.74 Å². The van der Waals surface area contributed by atoms with Crippen LogP contribution < -0.4 is 20.7 Å². The van der Waals surface area contributed by atoms with E-state index in [1.54, 1.807) is 12.1 Å². The second-order valence-corrected chi connectivity index (χ2v) is 11.5. The number of thioether (sulfide) groups is 1. The van der Waals surface area contributed by atoms with Crippen molar-refractivity contribution in [3.63, 3.8) is 0 Å². The summed E-state index contributed by atoms with van der Waals surface area (Å²) in [4.78, 5) is 4.43. The highest BCUT2D eigenvalue weighted by molar-refractivity contribution is 8.00. The summed E-state index contributed by atoms with van der Waals surface area (Å²) in [5, 5.41) is 8.81. The van der Waals surface area contributed by atoms with Gasteiger partial charge in [0.15, 0.2) is 15.5 Å². The Morgan fingerprint density at radius 3 is 2.76 bits per heavy atom. The smallest absolute Gasteiger partial charge is 0.447 e. The maximum atomic E-state index is 14.3. The molecule has 2 aromatic heterocycles. The highest BCUT2D eigenvalue weighted by atomic mass is 32.2. The number of alkyl halides is 4. The number of hydrogen-bond donors (Lipinski definition) is 3. The van der Waals surface area contributed by atoms with Gasteiger partial charge in [0.25, 0.3) is 0 Å². The summed E-state index contributed by atoms with van der Waals surface area (Å²) in [7, 11) is -2.05. The van der Waals surface area contributed by atoms with Gasteiger partial charge in [-0.1, -0.05) is 5.92 Å². The number of pyridine rings is 1. The average molecular weight is 572 g/mol. The lowest BCUT2D eigenvalue weighted by molar-refractivity contribution is -0.0329. The summed E-state index contributed by atoms with van der Waals surface area (Å²) in [6, 6.07) is 7.00. The predicted molar refractivity (Wildman–Crippen MR) is 138 cm³/mol. The van der Waals surface area contributed by atoms with Crippen molar-refractivity contribution in [3.8, 4) is 17.6 Å². The number of aromatic nitrogens is 2. The summed E-state index contributed by atoms with van der Waals surface area (Å²) < 4.78 is 84.6. The number of ether oxygens (including phenoxy) is 1. The van der Waals surface area contributed by atoms with E-state index in [0.717, 1.165) is 6.26 Å². The van der Waals surface area contributed by atoms with Gasteiger partial charge in [0, 0.05) is 36.8 Å². The highest BCUT2D eigenvalue weighted by Gasteiger charge is 2.33. The van der Waals surface area contributed by atoms with Crippen LogP contribution in [0.4, 0.5) is 28.9 Å². The number of rotatable bonds is 7. The van der Waals surface area contributed by atoms with Gasteiger partial charge in [-0.2, -0.15) is 13.2 Å². The fourth-order valence-electron chi connectivity index (χ4n) is 3.95. The van der Waals surface area contributed by atoms with Gasteiger partial charge in [0.1, 0.15) is 22.6 Å². The molecule has 0 bridgehead atoms. The van der Waals surface area contributed by atoms with Crippen molar-refractivity contribution >= 4 is 38.6 Å². The van der Waals surface area contributed by atoms with Gasteiger partial charge >= 0.3 is 5.51 Å². The van der Waals surface area contributed by atoms with Gasteiger partial charge in [-0.05, 0) is 43.2 Å². The minimum Gasteiger partial charge on any atom is -0.495 e. The molecule has 3 aromatic rings. The Labute approximate surface area is 221 Å². The second-order valence-electron chi connectivity index (χ2n) is 8.48. The number of sulfone groups is 1. The number of anilines is 2. The minimum atomic E-state index is -4.58. The zero-order valence-electron chi connectivity index (χ0n) is 20.4. The first-order valence-corrected chi connectivity index (χ1v) is 14.2. The van der Waals surface area contributed by atoms with E-state index in [1.165, 1.54) is 35.9 Å². The summed E-state index contributed by atoms with van der Waals surface area (Å²) in [6.07, 6.45) is 1.89. The molecule has 1 aliphatic rings. The summed E-state index contributed by atoms with van der Waals surface area (Å²) in [6.45, 7) is 0.828. The van der Waals surface area contributed by atoms with Crippen LogP contribution in [0.25, 0.3) is 5.65 Å². The largest absolute Gasteiger partial charge is 0.495 e. The molecule has 0 amide bonds. The monoisotopic (exact) mass is 571 g/mol. The fourth-order valence-corrected chi connectivity index (χ4v) is 5.24. The SMILES string of the molecule is COc1cc(S(C)(=O)=O)ccc1NCC#Cc1nc2c(NC3CCNC[C@@H]3F)cccn2c1SC(F)(F)F. The third kappa shape index (κ3) is 6.64. The molecule has 1 fully saturated rings. The third-order valence-electron chi connectivity index (χ3n) is 5.74. The molecule has 0 spiro atoms. The molecule has 1 unspecified atom stereocenters. The quantitative estimate of drug-likeness (QED) is 0.223. The van der Waals surface area contributed by atoms with Gasteiger partial charge in [0.2, 0.25) is 0 Å². The summed E-state index contributed by atoms with van der Waals surface area (Å²) in [5.41, 5.74) is -3.58. The first kappa shape index (κ1) is 27.9. The molecule has 8 nitrogen and oxygen atoms in total. The lowest BCUT2D eigenvalue weighted by Gasteiger charge is -2.28. The van der Waals surface area contributed by atoms with Crippen molar-refractivity contribution in [2.45, 2.75) is 34.1 Å². The Morgan fingerprint density at radius 2 is 2.08 bits per heavy atom. The lowest BCUT2D eigenvalue weighted by Crippen LogP contribution is -2.45. The van der Waals surface area contributed by atoms with Crippen LogP contribution in [0.15, 0.2) is 46.5 Å². The number of hydrogen-bond acceptors (Lipinski definition) is 8. The molecule has 0 aliphatic carbocycles. The van der Waals surface area contributed by atoms with Crippen molar-refractivity contribution in [2.24, 2.45) is 0 Å². The van der Waals surface area contributed by atoms with Crippen molar-refractivity contribution in [2.75, 3.05) is 43.6 Å². The molecular weight excluding hydrogens is 546 g/mol. The van der Waals surface area contributed by atoms with Crippen molar-refractivity contribution in [1.29, 1.82) is 0 Å². The zero-order chi connectivity index (χ0) is 27.5. The molecule has 1 aromatic carbocycles. The predicted octanol–water partition coefficient (Wildman–Crippen LogP) is 3.93. The second kappa shape index (κ2) is 11.3. The van der Waals surface area contributed by atoms with E-state index in [1.807, 2.05) is 0 Å². The van der Waals surface area contributed by atoms with E-state index >= 15 is 0 Å². The van der Waals surface area contributed by atoms with Crippen LogP contribution in [-0.2, 0) is 9.84 Å². The first-order valence-electron chi connectivity index (χ1n) is 11.5. The Kier molecular flexibility index (Phi) is 8.29. The molecule has 2 atom stereocenters. The van der Waals surface area contributed by atoms with Crippen LogP contribution in [0.5, 0.6) is 5.75 Å². The van der Waals surface area contributed by atoms with Gasteiger partial charge < -0.3 is 20.7 Å². The maximum Gasteiger partial charge on any atom is 0.447 e. The van der Waals surface area contributed by atoms with Crippen LogP contribution in [0.1, 0.15) is 12.1 Å². The van der Waals surface area contributed by atoms with E-state index in [9.17, 15) is 26.0 Å². The fraction of sp³-hybridized carbons (Fsp3) is 0.375. The van der Waals surface area contributed by atoms with Crippen LogP contribution in [0, 0.1) is 11.8 Å². The Morgan fingerprint density at radius 1 is 1.29 bits per heavy atom. The van der Waals surface area contributed by atoms with Crippen molar-refractivity contribution in [3.05, 3.63) is 42.2 Å². The molecule has 3 N–H and O–H groups in total. The highest BCUT2D eigenvalue weighted by Crippen LogP contribution is 2.39. The number of piperidine rings is 1. The molecule has 38 heavy (non-hydrogen) atoms. The molecule has 0 radical (unpaired) electrons. The first-order chi connectivity index (χ1) is 18.0. The van der Waals surface area contributed by atoms with Crippen LogP contribution in [0.3, 0.4) is 0 Å². The summed E-state index contributed by atoms with van der Waals surface area (Å²) in [5.74, 6) is 5.73.